The predicted octanol–water partition coefficient (Wildman–Crippen LogP) is 1.39. The molecule has 70 valence electrons. The molecule has 13 heavy (non-hydrogen) atoms. The molecule has 0 aliphatic rings. The van der Waals surface area contributed by atoms with E-state index in [2.05, 4.69) is 0 Å². The first-order valence-electron chi connectivity index (χ1n) is 4.05. The first-order chi connectivity index (χ1) is 6.20. The number of hydrogen-bond acceptors (Lipinski definition) is 3. The minimum absolute atomic E-state index is 0.164. The lowest BCUT2D eigenvalue weighted by molar-refractivity contribution is -0.482. The highest BCUT2D eigenvalue weighted by Gasteiger charge is 2.09. The molecule has 4 heteroatoms. The summed E-state index contributed by atoms with van der Waals surface area (Å²) in [7, 11) is 0. The van der Waals surface area contributed by atoms with E-state index >= 15 is 0 Å². The van der Waals surface area contributed by atoms with Crippen LogP contribution in [-0.4, -0.2) is 16.6 Å². The highest BCUT2D eigenvalue weighted by molar-refractivity contribution is 5.16. The highest BCUT2D eigenvalue weighted by atomic mass is 16.6. The van der Waals surface area contributed by atoms with Crippen molar-refractivity contribution in [2.24, 2.45) is 0 Å². The largest absolute Gasteiger partial charge is 0.388 e. The van der Waals surface area contributed by atoms with Crippen LogP contribution in [0.1, 0.15) is 18.1 Å². The minimum Gasteiger partial charge on any atom is -0.388 e. The van der Waals surface area contributed by atoms with Gasteiger partial charge >= 0.3 is 0 Å². The number of benzene rings is 1. The van der Waals surface area contributed by atoms with Crippen LogP contribution in [0.25, 0.3) is 0 Å². The number of rotatable bonds is 4. The molecule has 0 unspecified atom stereocenters. The third-order valence-electron chi connectivity index (χ3n) is 1.77. The lowest BCUT2D eigenvalue weighted by Crippen LogP contribution is -2.06. The lowest BCUT2D eigenvalue weighted by atomic mass is 10.1. The molecule has 0 radical (unpaired) electrons. The number of nitro groups is 1. The molecule has 0 aliphatic carbocycles. The van der Waals surface area contributed by atoms with E-state index in [9.17, 15) is 15.2 Å². The Kier molecular flexibility index (Phi) is 3.40. The van der Waals surface area contributed by atoms with E-state index in [1.165, 1.54) is 0 Å². The number of aliphatic hydroxyl groups is 1. The zero-order valence-electron chi connectivity index (χ0n) is 7.09. The van der Waals surface area contributed by atoms with Gasteiger partial charge in [-0.2, -0.15) is 0 Å². The molecular formula is C9H11NO3. The maximum atomic E-state index is 10.0. The smallest absolute Gasteiger partial charge is 0.206 e. The molecule has 1 aromatic rings. The first kappa shape index (κ1) is 9.67. The fourth-order valence-electron chi connectivity index (χ4n) is 1.07. The summed E-state index contributed by atoms with van der Waals surface area (Å²) in [4.78, 5) is 9.61. The van der Waals surface area contributed by atoms with Crippen LogP contribution in [0.5, 0.6) is 0 Å². The third-order valence-corrected chi connectivity index (χ3v) is 1.77. The van der Waals surface area contributed by atoms with E-state index in [0.29, 0.717) is 0 Å². The predicted molar refractivity (Wildman–Crippen MR) is 47.9 cm³/mol. The van der Waals surface area contributed by atoms with Gasteiger partial charge in [0.25, 0.3) is 0 Å². The van der Waals surface area contributed by atoms with Crippen LogP contribution < -0.4 is 0 Å². The molecule has 0 aliphatic heterocycles. The second-order valence-electron chi connectivity index (χ2n) is 2.77. The molecule has 1 aromatic carbocycles. The third kappa shape index (κ3) is 3.21. The van der Waals surface area contributed by atoms with Gasteiger partial charge in [0.1, 0.15) is 0 Å². The molecule has 0 aromatic heterocycles. The van der Waals surface area contributed by atoms with Gasteiger partial charge in [-0.15, -0.1) is 0 Å². The Hall–Kier alpha value is -1.42. The molecule has 1 rings (SSSR count). The van der Waals surface area contributed by atoms with Crippen LogP contribution in [0.3, 0.4) is 0 Å². The van der Waals surface area contributed by atoms with E-state index in [1.54, 1.807) is 24.3 Å². The van der Waals surface area contributed by atoms with E-state index in [0.717, 1.165) is 5.56 Å². The van der Waals surface area contributed by atoms with Crippen molar-refractivity contribution in [3.05, 3.63) is 46.0 Å². The van der Waals surface area contributed by atoms with Crippen LogP contribution in [0.2, 0.25) is 0 Å². The Labute approximate surface area is 76.0 Å². The average molecular weight is 181 g/mol. The second kappa shape index (κ2) is 4.57. The van der Waals surface area contributed by atoms with Crippen molar-refractivity contribution >= 4 is 0 Å². The van der Waals surface area contributed by atoms with Crippen molar-refractivity contribution in [1.29, 1.82) is 0 Å². The van der Waals surface area contributed by atoms with E-state index in [1.807, 2.05) is 6.07 Å². The summed E-state index contributed by atoms with van der Waals surface area (Å²) in [6.07, 6.45) is -0.566. The molecule has 0 fully saturated rings. The summed E-state index contributed by atoms with van der Waals surface area (Å²) < 4.78 is 0. The minimum atomic E-state index is -0.730. The van der Waals surface area contributed by atoms with Gasteiger partial charge < -0.3 is 5.11 Å². The maximum Gasteiger partial charge on any atom is 0.206 e. The molecular weight excluding hydrogens is 170 g/mol. The van der Waals surface area contributed by atoms with E-state index in [4.69, 9.17) is 0 Å². The Morgan fingerprint density at radius 3 is 2.54 bits per heavy atom. The van der Waals surface area contributed by atoms with Crippen molar-refractivity contribution in [2.75, 3.05) is 6.54 Å². The van der Waals surface area contributed by atoms with Gasteiger partial charge in [0, 0.05) is 11.3 Å². The average Bonchev–Trinajstić information content (AvgIpc) is 2.15. The molecule has 1 N–H and O–H groups in total. The molecule has 1 atom stereocenters. The lowest BCUT2D eigenvalue weighted by Gasteiger charge is -2.07. The van der Waals surface area contributed by atoms with Crippen LogP contribution in [-0.2, 0) is 0 Å². The second-order valence-corrected chi connectivity index (χ2v) is 2.77. The van der Waals surface area contributed by atoms with Gasteiger partial charge in [0.2, 0.25) is 6.54 Å². The number of hydrogen-bond donors (Lipinski definition) is 1. The van der Waals surface area contributed by atoms with Crippen molar-refractivity contribution in [1.82, 2.24) is 0 Å². The summed E-state index contributed by atoms with van der Waals surface area (Å²) in [5.41, 5.74) is 0.726. The Morgan fingerprint density at radius 2 is 2.00 bits per heavy atom. The van der Waals surface area contributed by atoms with Gasteiger partial charge in [-0.05, 0) is 5.56 Å². The molecule has 0 heterocycles. The van der Waals surface area contributed by atoms with Crippen LogP contribution in [0.4, 0.5) is 0 Å². The normalized spacial score (nSPS) is 12.4. The SMILES string of the molecule is O=[N+]([O-])CC[C@@H](O)c1ccccc1. The van der Waals surface area contributed by atoms with Crippen molar-refractivity contribution in [3.63, 3.8) is 0 Å². The summed E-state index contributed by atoms with van der Waals surface area (Å²) in [6, 6.07) is 8.94. The Balaban J connectivity index is 2.49. The Bertz CT molecular complexity index is 273. The fraction of sp³-hybridized carbons (Fsp3) is 0.333. The topological polar surface area (TPSA) is 63.4 Å². The standard InChI is InChI=1S/C9H11NO3/c11-9(6-7-10(12)13)8-4-2-1-3-5-8/h1-5,9,11H,6-7H2/t9-/m1/s1. The molecule has 0 saturated carbocycles. The Morgan fingerprint density at radius 1 is 1.38 bits per heavy atom. The van der Waals surface area contributed by atoms with Crippen molar-refractivity contribution < 1.29 is 10.0 Å². The number of aliphatic hydroxyl groups excluding tert-OH is 1. The van der Waals surface area contributed by atoms with Crippen LogP contribution in [0, 0.1) is 10.1 Å². The van der Waals surface area contributed by atoms with Gasteiger partial charge in [0.05, 0.1) is 6.10 Å². The summed E-state index contributed by atoms with van der Waals surface area (Å²) >= 11 is 0. The quantitative estimate of drug-likeness (QED) is 0.563. The number of nitrogens with zero attached hydrogens (tertiary/aromatic N) is 1. The fourth-order valence-corrected chi connectivity index (χ4v) is 1.07. The van der Waals surface area contributed by atoms with E-state index in [-0.39, 0.29) is 13.0 Å². The van der Waals surface area contributed by atoms with Crippen LogP contribution >= 0.6 is 0 Å². The molecule has 4 nitrogen and oxygen atoms in total. The first-order valence-corrected chi connectivity index (χ1v) is 4.05. The van der Waals surface area contributed by atoms with Gasteiger partial charge in [0.15, 0.2) is 0 Å². The monoisotopic (exact) mass is 181 g/mol. The maximum absolute atomic E-state index is 10.0. The molecule has 0 bridgehead atoms. The van der Waals surface area contributed by atoms with Crippen molar-refractivity contribution in [3.8, 4) is 0 Å². The van der Waals surface area contributed by atoms with Crippen molar-refractivity contribution in [2.45, 2.75) is 12.5 Å². The molecule has 0 spiro atoms. The summed E-state index contributed by atoms with van der Waals surface area (Å²) in [6.45, 7) is -0.198. The summed E-state index contributed by atoms with van der Waals surface area (Å²) in [5, 5.41) is 19.5. The van der Waals surface area contributed by atoms with Crippen LogP contribution in [0.15, 0.2) is 30.3 Å². The van der Waals surface area contributed by atoms with Gasteiger partial charge in [-0.25, -0.2) is 0 Å². The van der Waals surface area contributed by atoms with Gasteiger partial charge in [-0.1, -0.05) is 30.3 Å². The van der Waals surface area contributed by atoms with E-state index < -0.39 is 11.0 Å². The summed E-state index contributed by atoms with van der Waals surface area (Å²) in [5.74, 6) is 0. The zero-order valence-corrected chi connectivity index (χ0v) is 7.09. The zero-order chi connectivity index (χ0) is 9.68. The molecule has 0 saturated heterocycles. The molecule has 0 amide bonds. The van der Waals surface area contributed by atoms with Gasteiger partial charge in [-0.3, -0.25) is 10.1 Å². The highest BCUT2D eigenvalue weighted by Crippen LogP contribution is 2.15.